The van der Waals surface area contributed by atoms with Crippen molar-refractivity contribution in [2.24, 2.45) is 0 Å². The minimum absolute atomic E-state index is 0.108. The zero-order valence-corrected chi connectivity index (χ0v) is 16.1. The van der Waals surface area contributed by atoms with Gasteiger partial charge in [-0.3, -0.25) is 0 Å². The molecule has 0 bridgehead atoms. The topological polar surface area (TPSA) is 71.1 Å². The first-order chi connectivity index (χ1) is 12.3. The van der Waals surface area contributed by atoms with E-state index < -0.39 is 5.60 Å². The van der Waals surface area contributed by atoms with Gasteiger partial charge >= 0.3 is 12.1 Å². The quantitative estimate of drug-likeness (QED) is 0.892. The molecule has 144 valence electrons. The molecule has 1 fully saturated rings. The molecule has 1 saturated heterocycles. The lowest BCUT2D eigenvalue weighted by atomic mass is 10.1. The zero-order chi connectivity index (χ0) is 19.2. The van der Waals surface area contributed by atoms with Crippen LogP contribution in [0.3, 0.4) is 0 Å². The Morgan fingerprint density at radius 3 is 2.31 bits per heavy atom. The van der Waals surface area contributed by atoms with Gasteiger partial charge in [0.1, 0.15) is 11.4 Å². The maximum atomic E-state index is 12.3. The van der Waals surface area contributed by atoms with Gasteiger partial charge in [0.2, 0.25) is 0 Å². The van der Waals surface area contributed by atoms with Gasteiger partial charge in [-0.2, -0.15) is 0 Å². The summed E-state index contributed by atoms with van der Waals surface area (Å²) in [5.41, 5.74) is 0.550. The van der Waals surface area contributed by atoms with E-state index in [1.165, 1.54) is 0 Å². The second-order valence-electron chi connectivity index (χ2n) is 7.25. The molecule has 1 aromatic rings. The third-order valence-electron chi connectivity index (χ3n) is 4.08. The number of nitrogens with zero attached hydrogens (tertiary/aromatic N) is 2. The van der Waals surface area contributed by atoms with Crippen LogP contribution in [0.4, 0.5) is 9.59 Å². The lowest BCUT2D eigenvalue weighted by Gasteiger charge is -2.35. The smallest absolute Gasteiger partial charge is 0.410 e. The third kappa shape index (κ3) is 5.82. The molecule has 0 radical (unpaired) electrons. The van der Waals surface area contributed by atoms with Crippen molar-refractivity contribution in [2.45, 2.75) is 32.8 Å². The Bertz CT molecular complexity index is 619. The van der Waals surface area contributed by atoms with Gasteiger partial charge in [-0.15, -0.1) is 0 Å². The van der Waals surface area contributed by atoms with Crippen molar-refractivity contribution >= 4 is 12.1 Å². The summed E-state index contributed by atoms with van der Waals surface area (Å²) in [6.07, 6.45) is 0.377. The number of benzene rings is 1. The number of methoxy groups -OCH3 is 1. The molecule has 1 aliphatic heterocycles. The first-order valence-corrected chi connectivity index (χ1v) is 8.93. The summed E-state index contributed by atoms with van der Waals surface area (Å²) < 4.78 is 10.7. The van der Waals surface area contributed by atoms with E-state index in [1.54, 1.807) is 16.9 Å². The monoisotopic (exact) mass is 363 g/mol. The molecular weight excluding hydrogens is 334 g/mol. The molecule has 1 heterocycles. The lowest BCUT2D eigenvalue weighted by Crippen LogP contribution is -2.54. The highest BCUT2D eigenvalue weighted by molar-refractivity contribution is 5.75. The fraction of sp³-hybridized carbons (Fsp3) is 0.579. The Labute approximate surface area is 155 Å². The van der Waals surface area contributed by atoms with Crippen molar-refractivity contribution in [3.63, 3.8) is 0 Å². The molecule has 0 aromatic heterocycles. The normalized spacial score (nSPS) is 14.8. The largest absolute Gasteiger partial charge is 0.496 e. The number of ether oxygens (including phenoxy) is 2. The Morgan fingerprint density at radius 2 is 1.69 bits per heavy atom. The van der Waals surface area contributed by atoms with Gasteiger partial charge < -0.3 is 24.6 Å². The zero-order valence-electron chi connectivity index (χ0n) is 16.1. The van der Waals surface area contributed by atoms with Crippen LogP contribution in [0.2, 0.25) is 0 Å². The minimum atomic E-state index is -0.510. The Hall–Kier alpha value is -2.44. The summed E-state index contributed by atoms with van der Waals surface area (Å²) in [5.74, 6) is 0.827. The maximum absolute atomic E-state index is 12.3. The number of nitrogens with one attached hydrogen (secondary N) is 1. The molecule has 0 atom stereocenters. The van der Waals surface area contributed by atoms with Crippen molar-refractivity contribution < 1.29 is 19.1 Å². The summed E-state index contributed by atoms with van der Waals surface area (Å²) >= 11 is 0. The predicted molar refractivity (Wildman–Crippen MR) is 99.5 cm³/mol. The number of para-hydroxylation sites is 1. The van der Waals surface area contributed by atoms with E-state index in [2.05, 4.69) is 5.32 Å². The van der Waals surface area contributed by atoms with E-state index in [1.807, 2.05) is 45.0 Å². The number of urea groups is 1. The fourth-order valence-corrected chi connectivity index (χ4v) is 2.74. The van der Waals surface area contributed by atoms with E-state index in [4.69, 9.17) is 9.47 Å². The maximum Gasteiger partial charge on any atom is 0.410 e. The van der Waals surface area contributed by atoms with Gasteiger partial charge in [-0.05, 0) is 38.8 Å². The van der Waals surface area contributed by atoms with Gasteiger partial charge in [0.25, 0.3) is 0 Å². The predicted octanol–water partition coefficient (Wildman–Crippen LogP) is 2.50. The third-order valence-corrected chi connectivity index (χ3v) is 4.08. The van der Waals surface area contributed by atoms with Crippen LogP contribution in [0.15, 0.2) is 24.3 Å². The number of piperazine rings is 1. The molecule has 1 aromatic carbocycles. The van der Waals surface area contributed by atoms with E-state index in [9.17, 15) is 9.59 Å². The number of carbonyl (C=O) groups excluding carboxylic acids is 2. The number of rotatable bonds is 4. The van der Waals surface area contributed by atoms with Crippen molar-refractivity contribution in [2.75, 3.05) is 39.8 Å². The van der Waals surface area contributed by atoms with E-state index >= 15 is 0 Å². The highest BCUT2D eigenvalue weighted by atomic mass is 16.6. The summed E-state index contributed by atoms with van der Waals surface area (Å²) in [4.78, 5) is 27.7. The van der Waals surface area contributed by atoms with Crippen LogP contribution in [0.5, 0.6) is 5.75 Å². The van der Waals surface area contributed by atoms with Crippen LogP contribution in [0.25, 0.3) is 0 Å². The molecule has 0 spiro atoms. The summed E-state index contributed by atoms with van der Waals surface area (Å²) in [6.45, 7) is 8.03. The first-order valence-electron chi connectivity index (χ1n) is 8.93. The molecule has 2 rings (SSSR count). The van der Waals surface area contributed by atoms with Crippen LogP contribution < -0.4 is 10.1 Å². The Kier molecular flexibility index (Phi) is 6.71. The molecule has 3 amide bonds. The first kappa shape index (κ1) is 19.9. The molecule has 1 N–H and O–H groups in total. The SMILES string of the molecule is COc1ccccc1CCNC(=O)N1CCN(C(=O)OC(C)(C)C)CC1. The van der Waals surface area contributed by atoms with Crippen molar-refractivity contribution in [1.82, 2.24) is 15.1 Å². The Balaban J connectivity index is 1.74. The molecule has 26 heavy (non-hydrogen) atoms. The number of amides is 3. The molecule has 0 unspecified atom stereocenters. The van der Waals surface area contributed by atoms with Crippen LogP contribution in [0, 0.1) is 0 Å². The average molecular weight is 363 g/mol. The van der Waals surface area contributed by atoms with Crippen LogP contribution in [-0.4, -0.2) is 67.4 Å². The molecule has 7 nitrogen and oxygen atoms in total. The van der Waals surface area contributed by atoms with Crippen LogP contribution in [0.1, 0.15) is 26.3 Å². The standard InChI is InChI=1S/C19H29N3O4/c1-19(2,3)26-18(24)22-13-11-21(12-14-22)17(23)20-10-9-15-7-5-6-8-16(15)25-4/h5-8H,9-14H2,1-4H3,(H,20,23). The minimum Gasteiger partial charge on any atom is -0.496 e. The number of carbonyl (C=O) groups is 2. The average Bonchev–Trinajstić information content (AvgIpc) is 2.60. The molecule has 0 saturated carbocycles. The van der Waals surface area contributed by atoms with Gasteiger partial charge in [0.15, 0.2) is 0 Å². The van der Waals surface area contributed by atoms with Crippen molar-refractivity contribution in [3.05, 3.63) is 29.8 Å². The summed E-state index contributed by atoms with van der Waals surface area (Å²) in [7, 11) is 1.64. The summed E-state index contributed by atoms with van der Waals surface area (Å²) in [6, 6.07) is 7.67. The van der Waals surface area contributed by atoms with Crippen molar-refractivity contribution in [1.29, 1.82) is 0 Å². The van der Waals surface area contributed by atoms with E-state index in [-0.39, 0.29) is 12.1 Å². The number of hydrogen-bond donors (Lipinski definition) is 1. The van der Waals surface area contributed by atoms with Gasteiger partial charge in [0.05, 0.1) is 7.11 Å². The Morgan fingerprint density at radius 1 is 1.08 bits per heavy atom. The molecule has 1 aliphatic rings. The molecule has 0 aliphatic carbocycles. The highest BCUT2D eigenvalue weighted by Crippen LogP contribution is 2.17. The molecule has 7 heteroatoms. The van der Waals surface area contributed by atoms with Gasteiger partial charge in [0, 0.05) is 32.7 Å². The molecular formula is C19H29N3O4. The van der Waals surface area contributed by atoms with Gasteiger partial charge in [-0.25, -0.2) is 9.59 Å². The van der Waals surface area contributed by atoms with Crippen LogP contribution in [-0.2, 0) is 11.2 Å². The van der Waals surface area contributed by atoms with E-state index in [0.717, 1.165) is 11.3 Å². The van der Waals surface area contributed by atoms with Gasteiger partial charge in [-0.1, -0.05) is 18.2 Å². The second-order valence-corrected chi connectivity index (χ2v) is 7.25. The van der Waals surface area contributed by atoms with E-state index in [0.29, 0.717) is 39.1 Å². The highest BCUT2D eigenvalue weighted by Gasteiger charge is 2.27. The van der Waals surface area contributed by atoms with Crippen molar-refractivity contribution in [3.8, 4) is 5.75 Å². The lowest BCUT2D eigenvalue weighted by molar-refractivity contribution is 0.0170. The second kappa shape index (κ2) is 8.78. The summed E-state index contributed by atoms with van der Waals surface area (Å²) in [5, 5.41) is 2.93. The fourth-order valence-electron chi connectivity index (χ4n) is 2.74. The van der Waals surface area contributed by atoms with Crippen LogP contribution >= 0.6 is 0 Å². The number of hydrogen-bond acceptors (Lipinski definition) is 4.